The molecular formula is C31H32N6O3. The van der Waals surface area contributed by atoms with Gasteiger partial charge < -0.3 is 19.9 Å². The molecule has 0 radical (unpaired) electrons. The monoisotopic (exact) mass is 536 g/mol. The normalized spacial score (nSPS) is 16.8. The molecule has 9 heteroatoms. The molecular weight excluding hydrogens is 504 g/mol. The first kappa shape index (κ1) is 24.8. The van der Waals surface area contributed by atoms with Gasteiger partial charge in [-0.2, -0.15) is 5.10 Å². The summed E-state index contributed by atoms with van der Waals surface area (Å²) in [6, 6.07) is 11.8. The molecule has 2 fully saturated rings. The predicted octanol–water partition coefficient (Wildman–Crippen LogP) is 4.37. The summed E-state index contributed by atoms with van der Waals surface area (Å²) in [6.07, 6.45) is 10.9. The van der Waals surface area contributed by atoms with E-state index < -0.39 is 0 Å². The highest BCUT2D eigenvalue weighted by Gasteiger charge is 2.30. The highest BCUT2D eigenvalue weighted by Crippen LogP contribution is 2.41. The fraction of sp³-hybridized carbons (Fsp3) is 0.355. The molecule has 2 aliphatic carbocycles. The van der Waals surface area contributed by atoms with Gasteiger partial charge in [-0.3, -0.25) is 14.3 Å². The first-order valence-corrected chi connectivity index (χ1v) is 14.0. The maximum atomic E-state index is 13.6. The van der Waals surface area contributed by atoms with Crippen LogP contribution in [0.15, 0.2) is 59.8 Å². The van der Waals surface area contributed by atoms with Crippen LogP contribution in [0.25, 0.3) is 11.3 Å². The first-order chi connectivity index (χ1) is 19.5. The third-order valence-corrected chi connectivity index (χ3v) is 8.24. The van der Waals surface area contributed by atoms with Crippen LogP contribution in [0.2, 0.25) is 0 Å². The van der Waals surface area contributed by atoms with Crippen molar-refractivity contribution in [1.82, 2.24) is 19.3 Å². The molecule has 0 unspecified atom stereocenters. The third-order valence-electron chi connectivity index (χ3n) is 8.24. The van der Waals surface area contributed by atoms with E-state index in [4.69, 9.17) is 0 Å². The van der Waals surface area contributed by atoms with Crippen molar-refractivity contribution in [2.45, 2.75) is 51.2 Å². The van der Waals surface area contributed by atoms with E-state index in [2.05, 4.69) is 27.5 Å². The topological polar surface area (TPSA) is 105 Å². The van der Waals surface area contributed by atoms with Crippen molar-refractivity contribution in [2.24, 2.45) is 13.0 Å². The van der Waals surface area contributed by atoms with Crippen molar-refractivity contribution in [2.75, 3.05) is 16.8 Å². The van der Waals surface area contributed by atoms with Gasteiger partial charge in [-0.15, -0.1) is 0 Å². The Morgan fingerprint density at radius 1 is 1.05 bits per heavy atom. The molecule has 0 spiro atoms. The molecule has 0 atom stereocenters. The summed E-state index contributed by atoms with van der Waals surface area (Å²) in [5.41, 5.74) is 6.04. The maximum Gasteiger partial charge on any atom is 0.293 e. The standard InChI is InChI=1S/C31H32N6O3/c1-35-17-27(34-29(31(35)40)33-23-14-32-36(16-23)15-19-5-6-19)25-3-2-4-28(26(25)18-38)37-12-11-22-13-21(20-7-8-20)9-10-24(22)30(37)39/h2-4,9-10,13-14,16-17,19-20,38H,5-8,11-12,15,18H2,1H3,(H,33,34). The van der Waals surface area contributed by atoms with Crippen molar-refractivity contribution in [3.05, 3.63) is 87.6 Å². The molecule has 1 aliphatic heterocycles. The number of hydrogen-bond acceptors (Lipinski definition) is 6. The molecule has 2 N–H and O–H groups in total. The van der Waals surface area contributed by atoms with Gasteiger partial charge in [-0.1, -0.05) is 24.3 Å². The zero-order valence-electron chi connectivity index (χ0n) is 22.5. The van der Waals surface area contributed by atoms with Gasteiger partial charge in [-0.05, 0) is 67.2 Å². The Hall–Kier alpha value is -4.24. The van der Waals surface area contributed by atoms with Gasteiger partial charge in [0.05, 0.1) is 29.9 Å². The molecule has 204 valence electrons. The van der Waals surface area contributed by atoms with E-state index >= 15 is 0 Å². The Labute approximate surface area is 232 Å². The van der Waals surface area contributed by atoms with Crippen molar-refractivity contribution in [1.29, 1.82) is 0 Å². The summed E-state index contributed by atoms with van der Waals surface area (Å²) in [6.45, 7) is 1.14. The van der Waals surface area contributed by atoms with E-state index in [1.54, 1.807) is 24.3 Å². The van der Waals surface area contributed by atoms with E-state index in [-0.39, 0.29) is 23.9 Å². The molecule has 4 aromatic rings. The first-order valence-electron chi connectivity index (χ1n) is 14.0. The van der Waals surface area contributed by atoms with Gasteiger partial charge >= 0.3 is 0 Å². The Morgan fingerprint density at radius 2 is 1.90 bits per heavy atom. The van der Waals surface area contributed by atoms with Crippen LogP contribution in [-0.2, 0) is 26.6 Å². The third kappa shape index (κ3) is 4.60. The van der Waals surface area contributed by atoms with Crippen LogP contribution in [0.5, 0.6) is 0 Å². The highest BCUT2D eigenvalue weighted by atomic mass is 16.3. The number of anilines is 3. The van der Waals surface area contributed by atoms with Gasteiger partial charge in [0, 0.05) is 49.2 Å². The van der Waals surface area contributed by atoms with Crippen LogP contribution < -0.4 is 15.8 Å². The summed E-state index contributed by atoms with van der Waals surface area (Å²) >= 11 is 0. The van der Waals surface area contributed by atoms with Gasteiger partial charge in [0.25, 0.3) is 11.5 Å². The minimum atomic E-state index is -0.274. The molecule has 9 nitrogen and oxygen atoms in total. The molecule has 1 amide bonds. The number of hydrogen-bond donors (Lipinski definition) is 2. The highest BCUT2D eigenvalue weighted by molar-refractivity contribution is 6.09. The Morgan fingerprint density at radius 3 is 2.67 bits per heavy atom. The second-order valence-corrected chi connectivity index (χ2v) is 11.3. The van der Waals surface area contributed by atoms with E-state index in [9.17, 15) is 14.7 Å². The summed E-state index contributed by atoms with van der Waals surface area (Å²) in [4.78, 5) is 33.0. The zero-order chi connectivity index (χ0) is 27.4. The van der Waals surface area contributed by atoms with Crippen molar-refractivity contribution >= 4 is 23.1 Å². The van der Waals surface area contributed by atoms with Crippen LogP contribution in [0.3, 0.4) is 0 Å². The second-order valence-electron chi connectivity index (χ2n) is 11.3. The van der Waals surface area contributed by atoms with Crippen molar-refractivity contribution in [3.63, 3.8) is 0 Å². The zero-order valence-corrected chi connectivity index (χ0v) is 22.5. The number of nitrogens with one attached hydrogen (secondary N) is 1. The quantitative estimate of drug-likeness (QED) is 0.347. The van der Waals surface area contributed by atoms with E-state index in [1.165, 1.54) is 35.8 Å². The average Bonchev–Trinajstić information content (AvgIpc) is 3.90. The van der Waals surface area contributed by atoms with Gasteiger partial charge in [0.15, 0.2) is 5.82 Å². The number of amides is 1. The number of aryl methyl sites for hydroxylation is 1. The van der Waals surface area contributed by atoms with Gasteiger partial charge in [0.1, 0.15) is 0 Å². The number of aromatic nitrogens is 4. The molecule has 2 aromatic carbocycles. The van der Waals surface area contributed by atoms with E-state index in [0.717, 1.165) is 24.1 Å². The number of aliphatic hydroxyl groups is 1. The van der Waals surface area contributed by atoms with E-state index in [0.29, 0.717) is 46.6 Å². The second kappa shape index (κ2) is 9.75. The minimum Gasteiger partial charge on any atom is -0.392 e. The lowest BCUT2D eigenvalue weighted by Crippen LogP contribution is -2.38. The number of carbonyl (C=O) groups excluding carboxylic acids is 1. The predicted molar refractivity (Wildman–Crippen MR) is 153 cm³/mol. The fourth-order valence-corrected chi connectivity index (χ4v) is 5.69. The Bertz CT molecular complexity index is 1680. The Kier molecular flexibility index (Phi) is 6.04. The lowest BCUT2D eigenvalue weighted by Gasteiger charge is -2.31. The van der Waals surface area contributed by atoms with Crippen molar-refractivity contribution in [3.8, 4) is 11.3 Å². The van der Waals surface area contributed by atoms with Crippen LogP contribution in [0, 0.1) is 5.92 Å². The minimum absolute atomic E-state index is 0.0607. The fourth-order valence-electron chi connectivity index (χ4n) is 5.69. The smallest absolute Gasteiger partial charge is 0.293 e. The molecule has 0 bridgehead atoms. The Balaban J connectivity index is 1.21. The van der Waals surface area contributed by atoms with Gasteiger partial charge in [-0.25, -0.2) is 4.98 Å². The number of benzene rings is 2. The maximum absolute atomic E-state index is 13.6. The van der Waals surface area contributed by atoms with Crippen molar-refractivity contribution < 1.29 is 9.90 Å². The number of aliphatic hydroxyl groups excluding tert-OH is 1. The summed E-state index contributed by atoms with van der Waals surface area (Å²) in [5, 5.41) is 18.1. The van der Waals surface area contributed by atoms with Crippen LogP contribution in [-0.4, -0.2) is 36.9 Å². The lowest BCUT2D eigenvalue weighted by molar-refractivity contribution is 0.0980. The molecule has 40 heavy (non-hydrogen) atoms. The van der Waals surface area contributed by atoms with E-state index in [1.807, 2.05) is 35.1 Å². The average molecular weight is 537 g/mol. The van der Waals surface area contributed by atoms with Gasteiger partial charge in [0.2, 0.25) is 0 Å². The number of rotatable bonds is 8. The lowest BCUT2D eigenvalue weighted by atomic mass is 9.93. The molecule has 2 saturated carbocycles. The molecule has 0 saturated heterocycles. The molecule has 7 rings (SSSR count). The number of carbonyl (C=O) groups is 1. The number of nitrogens with zero attached hydrogens (tertiary/aromatic N) is 5. The van der Waals surface area contributed by atoms with Crippen LogP contribution in [0.1, 0.15) is 58.6 Å². The molecule has 2 aromatic heterocycles. The largest absolute Gasteiger partial charge is 0.392 e. The molecule has 3 aliphatic rings. The summed E-state index contributed by atoms with van der Waals surface area (Å²) in [5.74, 6) is 1.44. The summed E-state index contributed by atoms with van der Waals surface area (Å²) < 4.78 is 3.37. The van der Waals surface area contributed by atoms with Crippen LogP contribution >= 0.6 is 0 Å². The van der Waals surface area contributed by atoms with Crippen LogP contribution in [0.4, 0.5) is 17.2 Å². The molecule has 3 heterocycles. The summed E-state index contributed by atoms with van der Waals surface area (Å²) in [7, 11) is 1.68. The number of fused-ring (bicyclic) bond motifs is 1. The SMILES string of the molecule is Cn1cc(-c2cccc(N3CCc4cc(C5CC5)ccc4C3=O)c2CO)nc(Nc2cnn(CC3CC3)c2)c1=O.